The maximum absolute atomic E-state index is 12.8. The number of hydrogen-bond acceptors (Lipinski definition) is 4. The van der Waals surface area contributed by atoms with Crippen LogP contribution in [0.3, 0.4) is 0 Å². The molecule has 0 amide bonds. The lowest BCUT2D eigenvalue weighted by Crippen LogP contribution is -2.50. The molecule has 8 heteroatoms. The van der Waals surface area contributed by atoms with Crippen LogP contribution in [0.5, 0.6) is 0 Å². The molecular weight excluding hydrogens is 393 g/mol. The fraction of sp³-hybridized carbons (Fsp3) is 0.800. The second-order valence-electron chi connectivity index (χ2n) is 9.40. The van der Waals surface area contributed by atoms with E-state index < -0.39 is 21.0 Å². The zero-order valence-corrected chi connectivity index (χ0v) is 16.9. The summed E-state index contributed by atoms with van der Waals surface area (Å²) in [4.78, 5) is 0. The molecule has 4 nitrogen and oxygen atoms in total. The molecule has 4 aliphatic rings. The van der Waals surface area contributed by atoms with Crippen molar-refractivity contribution < 1.29 is 30.9 Å². The number of aliphatic hydroxyl groups is 1. The number of hydrogen-bond donors (Lipinski definition) is 1. The number of fused-ring (bicyclic) bond motifs is 5. The molecule has 2 saturated carbocycles. The molecule has 6 atom stereocenters. The topological polar surface area (TPSA) is 63.6 Å². The zero-order chi connectivity index (χ0) is 20.5. The van der Waals surface area contributed by atoms with E-state index in [1.165, 1.54) is 5.57 Å². The van der Waals surface area contributed by atoms with Crippen LogP contribution in [0, 0.1) is 28.6 Å². The van der Waals surface area contributed by atoms with E-state index in [1.54, 1.807) is 6.08 Å². The lowest BCUT2D eigenvalue weighted by molar-refractivity contribution is -0.0584. The van der Waals surface area contributed by atoms with E-state index in [-0.39, 0.29) is 29.1 Å². The number of rotatable bonds is 2. The first-order chi connectivity index (χ1) is 12.9. The van der Waals surface area contributed by atoms with Crippen molar-refractivity contribution >= 4 is 10.1 Å². The van der Waals surface area contributed by atoms with Crippen LogP contribution >= 0.6 is 0 Å². The van der Waals surface area contributed by atoms with Gasteiger partial charge >= 0.3 is 15.6 Å². The van der Waals surface area contributed by atoms with Crippen LogP contribution in [0.15, 0.2) is 23.5 Å². The predicted molar refractivity (Wildman–Crippen MR) is 97.2 cm³/mol. The van der Waals surface area contributed by atoms with Crippen LogP contribution < -0.4 is 0 Å². The summed E-state index contributed by atoms with van der Waals surface area (Å²) >= 11 is 0. The summed E-state index contributed by atoms with van der Waals surface area (Å²) in [5, 5.41) is 10.0. The molecule has 0 heterocycles. The molecule has 1 N–H and O–H groups in total. The lowest BCUT2D eigenvalue weighted by Gasteiger charge is -2.57. The Labute approximate surface area is 164 Å². The normalized spacial score (nSPS) is 43.4. The van der Waals surface area contributed by atoms with E-state index in [0.717, 1.165) is 25.7 Å². The largest absolute Gasteiger partial charge is 0.534 e. The molecule has 0 saturated heterocycles. The summed E-state index contributed by atoms with van der Waals surface area (Å²) < 4.78 is 66.1. The van der Waals surface area contributed by atoms with Gasteiger partial charge in [0.1, 0.15) is 5.76 Å². The molecule has 0 aliphatic heterocycles. The second-order valence-corrected chi connectivity index (χ2v) is 10.9. The predicted octanol–water partition coefficient (Wildman–Crippen LogP) is 4.67. The van der Waals surface area contributed by atoms with E-state index in [9.17, 15) is 26.7 Å². The molecule has 0 radical (unpaired) electrons. The maximum Gasteiger partial charge on any atom is 0.534 e. The highest BCUT2D eigenvalue weighted by molar-refractivity contribution is 7.87. The highest BCUT2D eigenvalue weighted by Gasteiger charge is 2.59. The van der Waals surface area contributed by atoms with Crippen molar-refractivity contribution in [2.75, 3.05) is 0 Å². The maximum atomic E-state index is 12.8. The minimum Gasteiger partial charge on any atom is -0.393 e. The van der Waals surface area contributed by atoms with Crippen LogP contribution in [0.2, 0.25) is 0 Å². The van der Waals surface area contributed by atoms with Crippen molar-refractivity contribution in [1.82, 2.24) is 0 Å². The second kappa shape index (κ2) is 6.24. The quantitative estimate of drug-likeness (QED) is 0.401. The minimum atomic E-state index is -5.64. The van der Waals surface area contributed by atoms with Crippen LogP contribution in [-0.2, 0) is 14.3 Å². The van der Waals surface area contributed by atoms with Gasteiger partial charge in [-0.15, -0.1) is 0 Å². The first kappa shape index (κ1) is 20.3. The third kappa shape index (κ3) is 2.85. The molecule has 0 aromatic carbocycles. The van der Waals surface area contributed by atoms with Gasteiger partial charge in [-0.3, -0.25) is 0 Å². The SMILES string of the molecule is C[C@]12CC[C@H](O)CC1=CCC1C2CC[C@]2(C)C(OS(=O)(=O)C(F)(F)F)=CCC12. The van der Waals surface area contributed by atoms with Crippen LogP contribution in [0.1, 0.15) is 58.8 Å². The van der Waals surface area contributed by atoms with Gasteiger partial charge < -0.3 is 9.29 Å². The third-order valence-electron chi connectivity index (χ3n) is 8.07. The van der Waals surface area contributed by atoms with Gasteiger partial charge in [0, 0.05) is 5.41 Å². The Hall–Kier alpha value is -1.02. The van der Waals surface area contributed by atoms with E-state index >= 15 is 0 Å². The highest BCUT2D eigenvalue weighted by Crippen LogP contribution is 2.65. The van der Waals surface area contributed by atoms with Crippen molar-refractivity contribution in [1.29, 1.82) is 0 Å². The van der Waals surface area contributed by atoms with Gasteiger partial charge in [0.2, 0.25) is 0 Å². The summed E-state index contributed by atoms with van der Waals surface area (Å²) in [5.74, 6) is 0.733. The standard InChI is InChI=1S/C20H27F3O4S/c1-18-9-7-13(24)11-12(18)3-4-14-15-5-6-17(19(15,2)10-8-16(14)18)27-28(25,26)20(21,22)23/h3,6,13-16,24H,4-5,7-11H2,1-2H3/t13-,14?,15?,16?,18-,19-/m0/s1. The third-order valence-corrected chi connectivity index (χ3v) is 9.04. The van der Waals surface area contributed by atoms with E-state index in [2.05, 4.69) is 17.2 Å². The Kier molecular flexibility index (Phi) is 4.51. The van der Waals surface area contributed by atoms with E-state index in [1.807, 2.05) is 6.92 Å². The minimum absolute atomic E-state index is 0.0190. The Morgan fingerprint density at radius 1 is 1.07 bits per heavy atom. The van der Waals surface area contributed by atoms with Gasteiger partial charge in [-0.05, 0) is 74.2 Å². The molecule has 0 bridgehead atoms. The van der Waals surface area contributed by atoms with E-state index in [0.29, 0.717) is 25.2 Å². The van der Waals surface area contributed by atoms with Gasteiger partial charge in [0.05, 0.1) is 6.10 Å². The summed E-state index contributed by atoms with van der Waals surface area (Å²) in [6.07, 6.45) is 8.71. The van der Waals surface area contributed by atoms with Gasteiger partial charge in [-0.1, -0.05) is 25.5 Å². The Morgan fingerprint density at radius 2 is 1.75 bits per heavy atom. The number of halogens is 3. The van der Waals surface area contributed by atoms with Crippen molar-refractivity contribution in [2.45, 2.75) is 70.4 Å². The molecule has 4 rings (SSSR count). The van der Waals surface area contributed by atoms with Crippen molar-refractivity contribution in [3.8, 4) is 0 Å². The number of allylic oxidation sites excluding steroid dienone is 3. The van der Waals surface area contributed by atoms with Gasteiger partial charge in [-0.2, -0.15) is 21.6 Å². The molecule has 0 aromatic heterocycles. The van der Waals surface area contributed by atoms with Gasteiger partial charge in [-0.25, -0.2) is 0 Å². The lowest BCUT2D eigenvalue weighted by atomic mass is 9.48. The Balaban J connectivity index is 1.60. The van der Waals surface area contributed by atoms with Crippen LogP contribution in [-0.4, -0.2) is 25.1 Å². The van der Waals surface area contributed by atoms with Crippen LogP contribution in [0.4, 0.5) is 13.2 Å². The van der Waals surface area contributed by atoms with Crippen molar-refractivity contribution in [3.63, 3.8) is 0 Å². The highest BCUT2D eigenvalue weighted by atomic mass is 32.2. The molecule has 158 valence electrons. The van der Waals surface area contributed by atoms with Crippen LogP contribution in [0.25, 0.3) is 0 Å². The van der Waals surface area contributed by atoms with Gasteiger partial charge in [0.25, 0.3) is 0 Å². The summed E-state index contributed by atoms with van der Waals surface area (Å²) in [6, 6.07) is 0. The molecule has 2 fully saturated rings. The monoisotopic (exact) mass is 420 g/mol. The smallest absolute Gasteiger partial charge is 0.393 e. The zero-order valence-electron chi connectivity index (χ0n) is 16.1. The summed E-state index contributed by atoms with van der Waals surface area (Å²) in [6.45, 7) is 4.11. The molecular formula is C20H27F3O4S. The number of alkyl halides is 3. The first-order valence-electron chi connectivity index (χ1n) is 9.97. The fourth-order valence-electron chi connectivity index (χ4n) is 6.46. The van der Waals surface area contributed by atoms with E-state index in [4.69, 9.17) is 0 Å². The average Bonchev–Trinajstić information content (AvgIpc) is 2.91. The number of aliphatic hydroxyl groups excluding tert-OH is 1. The first-order valence-corrected chi connectivity index (χ1v) is 11.4. The molecule has 0 aromatic rings. The van der Waals surface area contributed by atoms with Gasteiger partial charge in [0.15, 0.2) is 0 Å². The Morgan fingerprint density at radius 3 is 2.43 bits per heavy atom. The molecule has 3 unspecified atom stereocenters. The summed E-state index contributed by atoms with van der Waals surface area (Å²) in [7, 11) is -5.64. The Bertz CT molecular complexity index is 831. The molecule has 0 spiro atoms. The fourth-order valence-corrected chi connectivity index (χ4v) is 7.05. The average molecular weight is 420 g/mol. The van der Waals surface area contributed by atoms with Crippen molar-refractivity contribution in [2.24, 2.45) is 28.6 Å². The molecule has 28 heavy (non-hydrogen) atoms. The van der Waals surface area contributed by atoms with Crippen molar-refractivity contribution in [3.05, 3.63) is 23.5 Å². The summed E-state index contributed by atoms with van der Waals surface area (Å²) in [5.41, 5.74) is -4.77. The molecule has 4 aliphatic carbocycles.